The highest BCUT2D eigenvalue weighted by molar-refractivity contribution is 5.95. The molecule has 2 aromatic rings. The van der Waals surface area contributed by atoms with E-state index in [1.165, 1.54) is 11.0 Å². The van der Waals surface area contributed by atoms with Gasteiger partial charge in [-0.05, 0) is 11.6 Å². The third-order valence-corrected chi connectivity index (χ3v) is 2.99. The van der Waals surface area contributed by atoms with Gasteiger partial charge < -0.3 is 9.64 Å². The van der Waals surface area contributed by atoms with Crippen LogP contribution in [-0.2, 0) is 9.59 Å². The number of carbonyl (C=O) groups excluding carboxylic acids is 2. The molecule has 0 aliphatic heterocycles. The van der Waals surface area contributed by atoms with E-state index >= 15 is 0 Å². The van der Waals surface area contributed by atoms with E-state index in [1.807, 2.05) is 42.5 Å². The first-order valence-corrected chi connectivity index (χ1v) is 6.83. The number of rotatable bonds is 4. The molecule has 0 bridgehead atoms. The van der Waals surface area contributed by atoms with E-state index in [4.69, 9.17) is 4.74 Å². The molecule has 0 aromatic heterocycles. The Morgan fingerprint density at radius 3 is 2.23 bits per heavy atom. The zero-order valence-electron chi connectivity index (χ0n) is 12.5. The van der Waals surface area contributed by atoms with E-state index in [2.05, 4.69) is 0 Å². The van der Waals surface area contributed by atoms with E-state index in [-0.39, 0.29) is 5.91 Å². The number of hydrogen-bond donors (Lipinski definition) is 0. The van der Waals surface area contributed by atoms with Crippen LogP contribution >= 0.6 is 0 Å². The Morgan fingerprint density at radius 2 is 1.55 bits per heavy atom. The van der Waals surface area contributed by atoms with Crippen LogP contribution in [0.2, 0.25) is 0 Å². The SMILES string of the molecule is CN(C)C(=O)/C=C/C(=O)Oc1ccccc1-c1ccccc1. The molecule has 0 saturated heterocycles. The molecule has 1 amide bonds. The predicted molar refractivity (Wildman–Crippen MR) is 85.3 cm³/mol. The first-order chi connectivity index (χ1) is 10.6. The lowest BCUT2D eigenvalue weighted by Gasteiger charge is -2.09. The highest BCUT2D eigenvalue weighted by atomic mass is 16.5. The second-order valence-corrected chi connectivity index (χ2v) is 4.85. The third kappa shape index (κ3) is 4.06. The lowest BCUT2D eigenvalue weighted by atomic mass is 10.1. The van der Waals surface area contributed by atoms with Crippen LogP contribution in [0.25, 0.3) is 11.1 Å². The van der Waals surface area contributed by atoms with Crippen LogP contribution < -0.4 is 4.74 Å². The molecule has 0 saturated carbocycles. The van der Waals surface area contributed by atoms with Crippen molar-refractivity contribution in [1.29, 1.82) is 0 Å². The summed E-state index contributed by atoms with van der Waals surface area (Å²) in [5.74, 6) is -0.396. The molecule has 0 heterocycles. The van der Waals surface area contributed by atoms with Crippen molar-refractivity contribution in [1.82, 2.24) is 4.90 Å². The van der Waals surface area contributed by atoms with E-state index in [0.29, 0.717) is 5.75 Å². The monoisotopic (exact) mass is 295 g/mol. The predicted octanol–water partition coefficient (Wildman–Crippen LogP) is 2.90. The average molecular weight is 295 g/mol. The van der Waals surface area contributed by atoms with Gasteiger partial charge in [-0.1, -0.05) is 48.5 Å². The highest BCUT2D eigenvalue weighted by Crippen LogP contribution is 2.29. The fourth-order valence-electron chi connectivity index (χ4n) is 1.84. The molecule has 0 radical (unpaired) electrons. The Kier molecular flexibility index (Phi) is 5.09. The fourth-order valence-corrected chi connectivity index (χ4v) is 1.84. The Balaban J connectivity index is 2.17. The molecule has 2 rings (SSSR count). The van der Waals surface area contributed by atoms with Crippen molar-refractivity contribution < 1.29 is 14.3 Å². The van der Waals surface area contributed by atoms with Gasteiger partial charge in [0.25, 0.3) is 0 Å². The molecule has 2 aromatic carbocycles. The standard InChI is InChI=1S/C18H17NO3/c1-19(2)17(20)12-13-18(21)22-16-11-7-6-10-15(16)14-8-4-3-5-9-14/h3-13H,1-2H3/b13-12+. The minimum absolute atomic E-state index is 0.270. The Bertz CT molecular complexity index is 690. The van der Waals surface area contributed by atoms with Gasteiger partial charge in [-0.2, -0.15) is 0 Å². The van der Waals surface area contributed by atoms with Crippen LogP contribution in [0.1, 0.15) is 0 Å². The number of amides is 1. The maximum Gasteiger partial charge on any atom is 0.336 e. The summed E-state index contributed by atoms with van der Waals surface area (Å²) < 4.78 is 5.33. The highest BCUT2D eigenvalue weighted by Gasteiger charge is 2.09. The minimum Gasteiger partial charge on any atom is -0.423 e. The molecule has 0 unspecified atom stereocenters. The first kappa shape index (κ1) is 15.5. The maximum absolute atomic E-state index is 11.8. The topological polar surface area (TPSA) is 46.6 Å². The van der Waals surface area contributed by atoms with Crippen molar-refractivity contribution in [2.75, 3.05) is 14.1 Å². The number of para-hydroxylation sites is 1. The summed E-state index contributed by atoms with van der Waals surface area (Å²) in [4.78, 5) is 24.6. The molecule has 0 N–H and O–H groups in total. The molecular formula is C18H17NO3. The lowest BCUT2D eigenvalue weighted by molar-refractivity contribution is -0.129. The van der Waals surface area contributed by atoms with Crippen LogP contribution in [-0.4, -0.2) is 30.9 Å². The number of esters is 1. The van der Waals surface area contributed by atoms with Gasteiger partial charge in [0.05, 0.1) is 0 Å². The molecule has 0 fully saturated rings. The van der Waals surface area contributed by atoms with Gasteiger partial charge in [0, 0.05) is 31.8 Å². The van der Waals surface area contributed by atoms with Crippen LogP contribution in [0.5, 0.6) is 5.75 Å². The van der Waals surface area contributed by atoms with Crippen LogP contribution in [0.3, 0.4) is 0 Å². The number of likely N-dealkylation sites (N-methyl/N-ethyl adjacent to an activating group) is 1. The van der Waals surface area contributed by atoms with Crippen LogP contribution in [0, 0.1) is 0 Å². The molecule has 4 nitrogen and oxygen atoms in total. The minimum atomic E-state index is -0.585. The second kappa shape index (κ2) is 7.22. The van der Waals surface area contributed by atoms with Gasteiger partial charge in [-0.15, -0.1) is 0 Å². The smallest absolute Gasteiger partial charge is 0.336 e. The normalized spacial score (nSPS) is 10.5. The van der Waals surface area contributed by atoms with Gasteiger partial charge in [0.2, 0.25) is 5.91 Å². The molecular weight excluding hydrogens is 278 g/mol. The van der Waals surface area contributed by atoms with E-state index in [1.54, 1.807) is 26.2 Å². The summed E-state index contributed by atoms with van der Waals surface area (Å²) in [5, 5.41) is 0. The number of ether oxygens (including phenoxy) is 1. The summed E-state index contributed by atoms with van der Waals surface area (Å²) >= 11 is 0. The Labute approximate surface area is 129 Å². The van der Waals surface area contributed by atoms with Crippen LogP contribution in [0.4, 0.5) is 0 Å². The van der Waals surface area contributed by atoms with Crippen molar-refractivity contribution in [3.05, 3.63) is 66.7 Å². The summed E-state index contributed by atoms with van der Waals surface area (Å²) in [6, 6.07) is 16.9. The second-order valence-electron chi connectivity index (χ2n) is 4.85. The van der Waals surface area contributed by atoms with Gasteiger partial charge >= 0.3 is 5.97 Å². The number of nitrogens with zero attached hydrogens (tertiary/aromatic N) is 1. The average Bonchev–Trinajstić information content (AvgIpc) is 2.54. The van der Waals surface area contributed by atoms with Crippen molar-refractivity contribution in [3.8, 4) is 16.9 Å². The fraction of sp³-hybridized carbons (Fsp3) is 0.111. The van der Waals surface area contributed by atoms with Gasteiger partial charge in [0.1, 0.15) is 5.75 Å². The molecule has 4 heteroatoms. The van der Waals surface area contributed by atoms with Gasteiger partial charge in [-0.25, -0.2) is 4.79 Å². The molecule has 112 valence electrons. The number of benzene rings is 2. The first-order valence-electron chi connectivity index (χ1n) is 6.83. The van der Waals surface area contributed by atoms with Gasteiger partial charge in [-0.3, -0.25) is 4.79 Å². The van der Waals surface area contributed by atoms with Gasteiger partial charge in [0.15, 0.2) is 0 Å². The summed E-state index contributed by atoms with van der Waals surface area (Å²) in [6.45, 7) is 0. The maximum atomic E-state index is 11.8. The van der Waals surface area contributed by atoms with E-state index in [9.17, 15) is 9.59 Å². The molecule has 0 aliphatic carbocycles. The third-order valence-electron chi connectivity index (χ3n) is 2.99. The van der Waals surface area contributed by atoms with Crippen molar-refractivity contribution in [2.45, 2.75) is 0 Å². The zero-order valence-corrected chi connectivity index (χ0v) is 12.5. The lowest BCUT2D eigenvalue weighted by Crippen LogP contribution is -2.19. The molecule has 22 heavy (non-hydrogen) atoms. The Morgan fingerprint density at radius 1 is 0.909 bits per heavy atom. The largest absolute Gasteiger partial charge is 0.423 e. The molecule has 0 aliphatic rings. The van der Waals surface area contributed by atoms with E-state index < -0.39 is 5.97 Å². The van der Waals surface area contributed by atoms with E-state index in [0.717, 1.165) is 17.2 Å². The van der Waals surface area contributed by atoms with Crippen molar-refractivity contribution in [3.63, 3.8) is 0 Å². The van der Waals surface area contributed by atoms with Crippen LogP contribution in [0.15, 0.2) is 66.7 Å². The molecule has 0 atom stereocenters. The molecule has 0 spiro atoms. The number of carbonyl (C=O) groups is 2. The summed E-state index contributed by atoms with van der Waals surface area (Å²) in [5.41, 5.74) is 1.78. The zero-order chi connectivity index (χ0) is 15.9. The quantitative estimate of drug-likeness (QED) is 0.495. The Hall–Kier alpha value is -2.88. The summed E-state index contributed by atoms with van der Waals surface area (Å²) in [6.07, 6.45) is 2.32. The van der Waals surface area contributed by atoms with Crippen molar-refractivity contribution in [2.24, 2.45) is 0 Å². The number of hydrogen-bond acceptors (Lipinski definition) is 3. The summed E-state index contributed by atoms with van der Waals surface area (Å²) in [7, 11) is 3.23. The van der Waals surface area contributed by atoms with Crippen molar-refractivity contribution >= 4 is 11.9 Å².